The Balaban J connectivity index is 0. The highest BCUT2D eigenvalue weighted by molar-refractivity contribution is 6.11. The third-order valence-corrected chi connectivity index (χ3v) is 1.08. The maximum atomic E-state index is 2.78. The highest BCUT2D eigenvalue weighted by Gasteiger charge is 1.84. The zero-order valence-electron chi connectivity index (χ0n) is 4.98. The van der Waals surface area contributed by atoms with E-state index in [9.17, 15) is 0 Å². The van der Waals surface area contributed by atoms with Crippen molar-refractivity contribution in [1.82, 2.24) is 0 Å². The summed E-state index contributed by atoms with van der Waals surface area (Å²) in [7, 11) is 0. The molecule has 0 saturated carbocycles. The minimum Gasteiger partial charge on any atom is -0.147 e. The van der Waals surface area contributed by atoms with Crippen molar-refractivity contribution < 1.29 is 0 Å². The maximum Gasteiger partial charge on any atom is 0.123 e. The van der Waals surface area contributed by atoms with Gasteiger partial charge in [0.15, 0.2) is 0 Å². The Hall–Kier alpha value is 0.822. The molecule has 0 aliphatic rings. The molecule has 2 radical (unpaired) electrons. The van der Waals surface area contributed by atoms with E-state index in [1.54, 1.807) is 0 Å². The molecule has 0 aromatic rings. The van der Waals surface area contributed by atoms with Gasteiger partial charge in [0.05, 0.1) is 0 Å². The first-order chi connectivity index (χ1) is 2.77. The second kappa shape index (κ2) is 6.82. The lowest BCUT2D eigenvalue weighted by molar-refractivity contribution is 0.769. The molecule has 0 heterocycles. The van der Waals surface area contributed by atoms with Gasteiger partial charge in [-0.25, -0.2) is 0 Å². The Morgan fingerprint density at radius 1 is 1.57 bits per heavy atom. The van der Waals surface area contributed by atoms with Gasteiger partial charge in [-0.15, -0.1) is 17.2 Å². The second-order valence-electron chi connectivity index (χ2n) is 1.77. The molecule has 0 N–H and O–H groups in total. The molecular weight excluding hydrogens is 122 g/mol. The van der Waals surface area contributed by atoms with Gasteiger partial charge in [-0.3, -0.25) is 0 Å². The Kier molecular flexibility index (Phi) is 10.5. The van der Waals surface area contributed by atoms with Gasteiger partial charge in [-0.1, -0.05) is 26.7 Å². The van der Waals surface area contributed by atoms with Crippen LogP contribution in [0.2, 0.25) is 4.78 Å². The average molecular weight is 135 g/mol. The zero-order chi connectivity index (χ0) is 4.99. The highest BCUT2D eigenvalue weighted by Crippen LogP contribution is 2.03. The molecule has 0 aromatic heterocycles. The minimum atomic E-state index is 0. The highest BCUT2D eigenvalue weighted by atomic mass is 35.5. The van der Waals surface area contributed by atoms with Crippen LogP contribution in [0.1, 0.15) is 26.7 Å². The van der Waals surface area contributed by atoms with Gasteiger partial charge in [0.2, 0.25) is 0 Å². The average Bonchev–Trinajstić information content (AvgIpc) is 1.35. The van der Waals surface area contributed by atoms with Gasteiger partial charge in [-0.2, -0.15) is 0 Å². The van der Waals surface area contributed by atoms with Crippen molar-refractivity contribution in [2.45, 2.75) is 31.5 Å². The van der Waals surface area contributed by atoms with Crippen molar-refractivity contribution in [1.29, 1.82) is 0 Å². The monoisotopic (exact) mass is 134 g/mol. The van der Waals surface area contributed by atoms with E-state index in [-0.39, 0.29) is 12.4 Å². The molecule has 0 aromatic carbocycles. The van der Waals surface area contributed by atoms with Gasteiger partial charge in [-0.05, 0) is 0 Å². The van der Waals surface area contributed by atoms with Crippen LogP contribution in [0.25, 0.3) is 0 Å². The number of hydrogen-bond acceptors (Lipinski definition) is 0. The minimum absolute atomic E-state index is 0. The van der Waals surface area contributed by atoms with Crippen LogP contribution in [0, 0.1) is 0 Å². The third kappa shape index (κ3) is 10.9. The molecule has 0 aliphatic carbocycles. The SMILES string of the molecule is CCC[CH](C)[Al].Cl. The molecule has 0 bridgehead atoms. The van der Waals surface area contributed by atoms with E-state index in [4.69, 9.17) is 0 Å². The molecule has 1 atom stereocenters. The van der Waals surface area contributed by atoms with Crippen LogP contribution in [0.4, 0.5) is 0 Å². The van der Waals surface area contributed by atoms with E-state index in [0.717, 1.165) is 4.78 Å². The molecule has 2 heteroatoms. The van der Waals surface area contributed by atoms with Crippen LogP contribution in [-0.2, 0) is 0 Å². The van der Waals surface area contributed by atoms with Crippen LogP contribution in [0.5, 0.6) is 0 Å². The van der Waals surface area contributed by atoms with Crippen molar-refractivity contribution in [2.75, 3.05) is 0 Å². The van der Waals surface area contributed by atoms with Crippen molar-refractivity contribution in [3.63, 3.8) is 0 Å². The maximum absolute atomic E-state index is 2.78. The molecule has 0 spiro atoms. The number of halogens is 1. The van der Waals surface area contributed by atoms with Gasteiger partial charge < -0.3 is 0 Å². The fourth-order valence-electron chi connectivity index (χ4n) is 0.455. The van der Waals surface area contributed by atoms with Gasteiger partial charge in [0, 0.05) is 0 Å². The standard InChI is InChI=1S/C5H11.Al.ClH/c1-3-5-4-2;;/h3H,4-5H2,1-2H3;;1H. The van der Waals surface area contributed by atoms with E-state index in [2.05, 4.69) is 30.1 Å². The summed E-state index contributed by atoms with van der Waals surface area (Å²) in [6.45, 7) is 4.43. The Bertz CT molecular complexity index is 29.3. The summed E-state index contributed by atoms with van der Waals surface area (Å²) < 4.78 is 0.815. The van der Waals surface area contributed by atoms with Crippen LogP contribution < -0.4 is 0 Å². The lowest BCUT2D eigenvalue weighted by Crippen LogP contribution is -1.80. The lowest BCUT2D eigenvalue weighted by Gasteiger charge is -1.97. The zero-order valence-corrected chi connectivity index (χ0v) is 6.95. The molecule has 1 unspecified atom stereocenters. The third-order valence-electron chi connectivity index (χ3n) is 0.744. The summed E-state index contributed by atoms with van der Waals surface area (Å²) in [5.41, 5.74) is 0. The van der Waals surface area contributed by atoms with Crippen molar-refractivity contribution in [3.8, 4) is 0 Å². The van der Waals surface area contributed by atoms with Crippen LogP contribution in [0.3, 0.4) is 0 Å². The van der Waals surface area contributed by atoms with Crippen molar-refractivity contribution in [3.05, 3.63) is 0 Å². The Morgan fingerprint density at radius 2 is 2.00 bits per heavy atom. The normalized spacial score (nSPS) is 12.3. The van der Waals surface area contributed by atoms with Crippen molar-refractivity contribution in [2.24, 2.45) is 0 Å². The first-order valence-electron chi connectivity index (χ1n) is 2.53. The van der Waals surface area contributed by atoms with E-state index in [0.29, 0.717) is 0 Å². The Morgan fingerprint density at radius 3 is 2.00 bits per heavy atom. The van der Waals surface area contributed by atoms with Crippen LogP contribution in [0.15, 0.2) is 0 Å². The molecule has 0 aliphatic heterocycles. The van der Waals surface area contributed by atoms with E-state index in [1.807, 2.05) is 0 Å². The van der Waals surface area contributed by atoms with Crippen molar-refractivity contribution >= 4 is 28.7 Å². The molecule has 0 nitrogen and oxygen atoms in total. The summed E-state index contributed by atoms with van der Waals surface area (Å²) in [4.78, 5) is 0. The Labute approximate surface area is 60.5 Å². The van der Waals surface area contributed by atoms with Crippen LogP contribution >= 0.6 is 12.4 Å². The first kappa shape index (κ1) is 10.7. The van der Waals surface area contributed by atoms with E-state index in [1.165, 1.54) is 12.8 Å². The first-order valence-corrected chi connectivity index (χ1v) is 3.19. The van der Waals surface area contributed by atoms with Gasteiger partial charge in [0.25, 0.3) is 0 Å². The summed E-state index contributed by atoms with van der Waals surface area (Å²) >= 11 is 2.78. The topological polar surface area (TPSA) is 0 Å². The van der Waals surface area contributed by atoms with E-state index >= 15 is 0 Å². The molecule has 0 fully saturated rings. The van der Waals surface area contributed by atoms with Gasteiger partial charge >= 0.3 is 0 Å². The van der Waals surface area contributed by atoms with E-state index < -0.39 is 0 Å². The summed E-state index contributed by atoms with van der Waals surface area (Å²) in [5.74, 6) is 0. The smallest absolute Gasteiger partial charge is 0.123 e. The quantitative estimate of drug-likeness (QED) is 0.508. The fourth-order valence-corrected chi connectivity index (χ4v) is 0.789. The molecule has 7 heavy (non-hydrogen) atoms. The lowest BCUT2D eigenvalue weighted by atomic mass is 10.3. The molecular formula is C5H12AlCl. The predicted molar refractivity (Wildman–Crippen MR) is 37.3 cm³/mol. The number of rotatable bonds is 2. The fraction of sp³-hybridized carbons (Fsp3) is 1.00. The number of hydrogen-bond donors (Lipinski definition) is 0. The second-order valence-corrected chi connectivity index (χ2v) is 2.90. The summed E-state index contributed by atoms with van der Waals surface area (Å²) in [5, 5.41) is 0. The predicted octanol–water partition coefficient (Wildman–Crippen LogP) is 2.19. The molecule has 42 valence electrons. The molecule has 0 amide bonds. The largest absolute Gasteiger partial charge is 0.147 e. The van der Waals surface area contributed by atoms with Gasteiger partial charge in [0.1, 0.15) is 16.3 Å². The molecule has 0 saturated heterocycles. The summed E-state index contributed by atoms with van der Waals surface area (Å²) in [6, 6.07) is 0. The summed E-state index contributed by atoms with van der Waals surface area (Å²) in [6.07, 6.45) is 2.65. The van der Waals surface area contributed by atoms with Crippen LogP contribution in [-0.4, -0.2) is 16.3 Å². The molecule has 0 rings (SSSR count).